The SMILES string of the molecule is CCC(=O)N1CCN(C[C@@H]2COc3cc(S(=O)(=O)NC(=O)c4cccc(N5CCN(CC6=C(c7ccc(Cl)cc7)CC(C)(C)CC6)CC5)c4Oc4cnc5[nH]ccc5c4)cc([N+](=O)[O-])c3N2)CC1. The van der Waals surface area contributed by atoms with Crippen LogP contribution in [-0.4, -0.2) is 128 Å². The van der Waals surface area contributed by atoms with Crippen LogP contribution in [0, 0.1) is 15.5 Å². The van der Waals surface area contributed by atoms with Crippen LogP contribution in [-0.2, 0) is 14.8 Å². The topological polar surface area (TPSA) is 196 Å². The second kappa shape index (κ2) is 19.4. The number of para-hydroxylation sites is 1. The molecule has 3 aliphatic heterocycles. The summed E-state index contributed by atoms with van der Waals surface area (Å²) in [6.07, 6.45) is 6.83. The van der Waals surface area contributed by atoms with Gasteiger partial charge in [0.2, 0.25) is 5.91 Å². The Morgan fingerprint density at radius 1 is 1.00 bits per heavy atom. The molecule has 5 heterocycles. The lowest BCUT2D eigenvalue weighted by atomic mass is 9.72. The summed E-state index contributed by atoms with van der Waals surface area (Å²) >= 11 is 6.26. The van der Waals surface area contributed by atoms with Gasteiger partial charge in [-0.05, 0) is 72.2 Å². The van der Waals surface area contributed by atoms with Crippen LogP contribution in [0.25, 0.3) is 16.6 Å². The van der Waals surface area contributed by atoms with Crippen LogP contribution >= 0.6 is 11.6 Å². The number of carbonyl (C=O) groups excluding carboxylic acids is 2. The van der Waals surface area contributed by atoms with Gasteiger partial charge in [0, 0.05) is 101 Å². The van der Waals surface area contributed by atoms with Crippen molar-refractivity contribution >= 4 is 67.1 Å². The standard InChI is InChI=1S/C49H56ClN9O8S/c1-4-44(60)58-22-18-56(19-23-58)30-36-31-66-43-26-38(25-42(59(62)63)45(43)53-36)68(64,65)54-48(61)39-6-5-7-41(46(39)67-37-24-33-13-15-51-47(33)52-28-37)57-20-16-55(17-21-57)29-34-12-14-49(2,3)27-40(34)32-8-10-35(50)11-9-32/h5-11,13,15,24-26,28,36,53H,4,12,14,16-23,27,29-31H2,1-3H3,(H,51,52)(H,54,61)/t36-/m1/s1. The number of nitrogens with zero attached hydrogens (tertiary/aromatic N) is 6. The van der Waals surface area contributed by atoms with E-state index in [1.165, 1.54) is 35.0 Å². The van der Waals surface area contributed by atoms with Crippen molar-refractivity contribution in [1.82, 2.24) is 29.4 Å². The van der Waals surface area contributed by atoms with Gasteiger partial charge in [0.05, 0.1) is 33.3 Å². The first-order chi connectivity index (χ1) is 32.6. The normalized spacial score (nSPS) is 19.0. The lowest BCUT2D eigenvalue weighted by molar-refractivity contribution is -0.384. The highest BCUT2D eigenvalue weighted by atomic mass is 35.5. The van der Waals surface area contributed by atoms with E-state index < -0.39 is 31.4 Å². The van der Waals surface area contributed by atoms with E-state index in [1.54, 1.807) is 18.3 Å². The maximum Gasteiger partial charge on any atom is 0.297 e. The van der Waals surface area contributed by atoms with Crippen LogP contribution in [0.3, 0.4) is 0 Å². The summed E-state index contributed by atoms with van der Waals surface area (Å²) in [4.78, 5) is 53.8. The Kier molecular flexibility index (Phi) is 13.4. The number of fused-ring (bicyclic) bond motifs is 2. The lowest BCUT2D eigenvalue weighted by Crippen LogP contribution is -2.52. The van der Waals surface area contributed by atoms with Gasteiger partial charge >= 0.3 is 0 Å². The Morgan fingerprint density at radius 2 is 1.75 bits per heavy atom. The number of pyridine rings is 1. The molecule has 17 nitrogen and oxygen atoms in total. The maximum atomic E-state index is 14.3. The molecule has 0 unspecified atom stereocenters. The number of halogens is 1. The summed E-state index contributed by atoms with van der Waals surface area (Å²) in [7, 11) is -4.71. The van der Waals surface area contributed by atoms with Crippen LogP contribution in [0.1, 0.15) is 62.4 Å². The van der Waals surface area contributed by atoms with Crippen LogP contribution in [0.15, 0.2) is 89.6 Å². The molecule has 358 valence electrons. The number of allylic oxidation sites excluding steroid dienone is 1. The summed E-state index contributed by atoms with van der Waals surface area (Å²) < 4.78 is 42.8. The van der Waals surface area contributed by atoms with Crippen molar-refractivity contribution in [2.24, 2.45) is 5.41 Å². The minimum atomic E-state index is -4.71. The smallest absolute Gasteiger partial charge is 0.297 e. The number of H-pyrrole nitrogens is 1. The summed E-state index contributed by atoms with van der Waals surface area (Å²) in [5.74, 6) is -0.435. The average molecular weight is 967 g/mol. The van der Waals surface area contributed by atoms with Gasteiger partial charge in [0.25, 0.3) is 21.6 Å². The summed E-state index contributed by atoms with van der Waals surface area (Å²) in [6.45, 7) is 13.1. The van der Waals surface area contributed by atoms with Gasteiger partial charge in [-0.2, -0.15) is 0 Å². The van der Waals surface area contributed by atoms with E-state index in [9.17, 15) is 28.1 Å². The minimum Gasteiger partial charge on any atom is -0.489 e. The van der Waals surface area contributed by atoms with Gasteiger partial charge in [-0.1, -0.05) is 56.1 Å². The fraction of sp³-hybridized carbons (Fsp3) is 0.408. The molecule has 5 aromatic rings. The highest BCUT2D eigenvalue weighted by Crippen LogP contribution is 2.44. The highest BCUT2D eigenvalue weighted by Gasteiger charge is 2.35. The van der Waals surface area contributed by atoms with Crippen LogP contribution in [0.2, 0.25) is 5.02 Å². The Balaban J connectivity index is 0.942. The van der Waals surface area contributed by atoms with Crippen molar-refractivity contribution in [2.45, 2.75) is 57.4 Å². The number of carbonyl (C=O) groups is 2. The quantitative estimate of drug-likeness (QED) is 0.0774. The molecule has 2 aromatic heterocycles. The zero-order valence-corrected chi connectivity index (χ0v) is 40.0. The van der Waals surface area contributed by atoms with E-state index in [0.717, 1.165) is 50.3 Å². The largest absolute Gasteiger partial charge is 0.489 e. The number of rotatable bonds is 13. The van der Waals surface area contributed by atoms with Crippen molar-refractivity contribution in [3.8, 4) is 17.2 Å². The first-order valence-electron chi connectivity index (χ1n) is 23.1. The van der Waals surface area contributed by atoms with Crippen molar-refractivity contribution in [1.29, 1.82) is 0 Å². The molecule has 9 rings (SSSR count). The number of ether oxygens (including phenoxy) is 2. The van der Waals surface area contributed by atoms with Crippen LogP contribution < -0.4 is 24.4 Å². The van der Waals surface area contributed by atoms with E-state index >= 15 is 0 Å². The second-order valence-corrected chi connectivity index (χ2v) is 20.8. The first kappa shape index (κ1) is 46.9. The molecule has 0 bridgehead atoms. The molecule has 2 fully saturated rings. The zero-order chi connectivity index (χ0) is 47.7. The van der Waals surface area contributed by atoms with Gasteiger partial charge in [-0.25, -0.2) is 18.1 Å². The van der Waals surface area contributed by atoms with E-state index in [-0.39, 0.29) is 46.7 Å². The fourth-order valence-electron chi connectivity index (χ4n) is 9.65. The van der Waals surface area contributed by atoms with E-state index in [4.69, 9.17) is 21.1 Å². The summed E-state index contributed by atoms with van der Waals surface area (Å²) in [5, 5.41) is 17.1. The molecular formula is C49H56ClN9O8S. The highest BCUT2D eigenvalue weighted by molar-refractivity contribution is 7.90. The third-order valence-corrected chi connectivity index (χ3v) is 15.0. The zero-order valence-electron chi connectivity index (χ0n) is 38.4. The predicted octanol–water partition coefficient (Wildman–Crippen LogP) is 7.55. The van der Waals surface area contributed by atoms with Crippen LogP contribution in [0.5, 0.6) is 17.2 Å². The number of hydrogen-bond acceptors (Lipinski definition) is 13. The molecule has 2 saturated heterocycles. The molecule has 1 aliphatic carbocycles. The molecule has 19 heteroatoms. The van der Waals surface area contributed by atoms with Gasteiger partial charge in [-0.15, -0.1) is 0 Å². The minimum absolute atomic E-state index is 0.0238. The number of nitro groups is 1. The molecule has 1 atom stereocenters. The third kappa shape index (κ3) is 10.3. The van der Waals surface area contributed by atoms with Gasteiger partial charge in [0.15, 0.2) is 17.2 Å². The molecule has 0 radical (unpaired) electrons. The predicted molar refractivity (Wildman–Crippen MR) is 261 cm³/mol. The third-order valence-electron chi connectivity index (χ3n) is 13.4. The number of nitro benzene ring substituents is 1. The monoisotopic (exact) mass is 965 g/mol. The summed E-state index contributed by atoms with van der Waals surface area (Å²) in [6, 6.07) is 18.5. The molecule has 2 amide bonds. The number of hydrogen-bond donors (Lipinski definition) is 3. The van der Waals surface area contributed by atoms with Gasteiger partial charge in [-0.3, -0.25) is 29.5 Å². The summed E-state index contributed by atoms with van der Waals surface area (Å²) in [5.41, 5.74) is 4.93. The van der Waals surface area contributed by atoms with Crippen LogP contribution in [0.4, 0.5) is 17.1 Å². The molecule has 3 N–H and O–H groups in total. The van der Waals surface area contributed by atoms with E-state index in [0.29, 0.717) is 74.3 Å². The van der Waals surface area contributed by atoms with Gasteiger partial charge < -0.3 is 29.6 Å². The second-order valence-electron chi connectivity index (χ2n) is 18.7. The van der Waals surface area contributed by atoms with Crippen molar-refractivity contribution in [3.63, 3.8) is 0 Å². The molecule has 0 saturated carbocycles. The number of aromatic nitrogens is 2. The number of aromatic amines is 1. The molecular weight excluding hydrogens is 910 g/mol. The van der Waals surface area contributed by atoms with E-state index in [1.807, 2.05) is 36.1 Å². The number of nitrogens with one attached hydrogen (secondary N) is 3. The van der Waals surface area contributed by atoms with Crippen molar-refractivity contribution in [2.75, 3.05) is 82.3 Å². The Morgan fingerprint density at radius 3 is 2.49 bits per heavy atom. The number of anilines is 2. The fourth-order valence-corrected chi connectivity index (χ4v) is 10.8. The Bertz CT molecular complexity index is 2870. The number of piperazine rings is 2. The Labute approximate surface area is 400 Å². The maximum absolute atomic E-state index is 14.3. The van der Waals surface area contributed by atoms with E-state index in [2.05, 4.69) is 60.7 Å². The van der Waals surface area contributed by atoms with Crippen molar-refractivity contribution < 1.29 is 32.4 Å². The van der Waals surface area contributed by atoms with Crippen molar-refractivity contribution in [3.05, 3.63) is 111 Å². The number of amides is 2. The average Bonchev–Trinajstić information content (AvgIpc) is 3.80. The number of sulfonamides is 1. The molecule has 4 aliphatic rings. The first-order valence-corrected chi connectivity index (χ1v) is 25.0. The van der Waals surface area contributed by atoms with Gasteiger partial charge in [0.1, 0.15) is 18.0 Å². The molecule has 3 aromatic carbocycles. The molecule has 0 spiro atoms. The molecule has 68 heavy (non-hydrogen) atoms. The Hall–Kier alpha value is -6.21. The number of benzene rings is 3. The lowest BCUT2D eigenvalue weighted by Gasteiger charge is -2.39.